The summed E-state index contributed by atoms with van der Waals surface area (Å²) in [5, 5.41) is 0.0575. The van der Waals surface area contributed by atoms with E-state index in [-0.39, 0.29) is 20.8 Å². The van der Waals surface area contributed by atoms with Gasteiger partial charge in [-0.15, -0.1) is 0 Å². The largest absolute Gasteiger partial charge is 0.491 e. The average Bonchev–Trinajstić information content (AvgIpc) is 2.49. The number of rotatable bonds is 3. The normalized spacial score (nSPS) is 10.6. The molecule has 0 saturated carbocycles. The van der Waals surface area contributed by atoms with E-state index < -0.39 is 34.7 Å². The first-order valence-electron chi connectivity index (χ1n) is 5.84. The predicted molar refractivity (Wildman–Crippen MR) is 79.3 cm³/mol. The first kappa shape index (κ1) is 17.7. The first-order valence-corrected chi connectivity index (χ1v) is 6.97. The molecule has 0 bridgehead atoms. The molecule has 122 valence electrons. The third kappa shape index (κ3) is 3.49. The second-order valence-electron chi connectivity index (χ2n) is 4.15. The van der Waals surface area contributed by atoms with Gasteiger partial charge < -0.3 is 9.47 Å². The van der Waals surface area contributed by atoms with Gasteiger partial charge in [0.05, 0.1) is 22.2 Å². The molecule has 0 aliphatic rings. The van der Waals surface area contributed by atoms with Gasteiger partial charge in [-0.2, -0.15) is 4.39 Å². The van der Waals surface area contributed by atoms with Crippen LogP contribution in [0.4, 0.5) is 13.2 Å². The maximum absolute atomic E-state index is 14.0. The number of hydrogen-bond donors (Lipinski definition) is 0. The monoisotopic (exact) mass is 384 g/mol. The highest BCUT2D eigenvalue weighted by molar-refractivity contribution is 6.43. The van der Waals surface area contributed by atoms with E-state index in [0.717, 1.165) is 13.2 Å². The Labute approximate surface area is 143 Å². The van der Waals surface area contributed by atoms with Crippen molar-refractivity contribution in [1.82, 2.24) is 0 Å². The molecule has 0 amide bonds. The second kappa shape index (κ2) is 6.86. The van der Waals surface area contributed by atoms with E-state index >= 15 is 0 Å². The maximum atomic E-state index is 14.0. The van der Waals surface area contributed by atoms with E-state index in [0.29, 0.717) is 6.07 Å². The molecule has 0 aromatic heterocycles. The number of ether oxygens (including phenoxy) is 2. The number of methoxy groups -OCH3 is 1. The fourth-order valence-corrected chi connectivity index (χ4v) is 2.22. The van der Waals surface area contributed by atoms with Crippen molar-refractivity contribution in [3.05, 3.63) is 56.3 Å². The smallest absolute Gasteiger partial charge is 0.346 e. The van der Waals surface area contributed by atoms with Gasteiger partial charge in [-0.25, -0.2) is 13.6 Å². The van der Waals surface area contributed by atoms with Crippen molar-refractivity contribution < 1.29 is 27.4 Å². The molecule has 2 aromatic carbocycles. The Morgan fingerprint density at radius 3 is 2.17 bits per heavy atom. The molecule has 0 N–H and O–H groups in total. The first-order chi connectivity index (χ1) is 10.8. The Morgan fingerprint density at radius 1 is 0.957 bits per heavy atom. The average molecular weight is 386 g/mol. The van der Waals surface area contributed by atoms with Crippen LogP contribution in [0.25, 0.3) is 0 Å². The predicted octanol–water partition coefficient (Wildman–Crippen LogP) is 5.29. The molecule has 2 rings (SSSR count). The molecule has 0 atom stereocenters. The van der Waals surface area contributed by atoms with Crippen LogP contribution in [0, 0.1) is 17.5 Å². The van der Waals surface area contributed by atoms with Crippen molar-refractivity contribution in [1.29, 1.82) is 0 Å². The van der Waals surface area contributed by atoms with Gasteiger partial charge in [0.2, 0.25) is 5.82 Å². The Balaban J connectivity index is 2.43. The van der Waals surface area contributed by atoms with E-state index in [1.165, 1.54) is 6.07 Å². The number of carbonyl (C=O) groups is 1. The number of benzene rings is 2. The van der Waals surface area contributed by atoms with E-state index in [9.17, 15) is 18.0 Å². The van der Waals surface area contributed by atoms with Crippen molar-refractivity contribution in [3.8, 4) is 11.5 Å². The van der Waals surface area contributed by atoms with Crippen LogP contribution >= 0.6 is 34.8 Å². The second-order valence-corrected chi connectivity index (χ2v) is 5.38. The van der Waals surface area contributed by atoms with Gasteiger partial charge in [0.25, 0.3) is 0 Å². The minimum Gasteiger partial charge on any atom is -0.491 e. The Hall–Kier alpha value is -1.63. The molecule has 9 heteroatoms. The molecule has 0 heterocycles. The Kier molecular flexibility index (Phi) is 5.29. The molecule has 2 aromatic rings. The van der Waals surface area contributed by atoms with Crippen LogP contribution in [-0.2, 0) is 0 Å². The molecule has 0 saturated heterocycles. The number of esters is 1. The highest BCUT2D eigenvalue weighted by Gasteiger charge is 2.25. The van der Waals surface area contributed by atoms with Gasteiger partial charge in [0, 0.05) is 6.07 Å². The quantitative estimate of drug-likeness (QED) is 0.409. The van der Waals surface area contributed by atoms with E-state index in [2.05, 4.69) is 4.74 Å². The topological polar surface area (TPSA) is 35.5 Å². The highest BCUT2D eigenvalue weighted by Crippen LogP contribution is 2.35. The van der Waals surface area contributed by atoms with Crippen LogP contribution in [0.2, 0.25) is 15.1 Å². The Morgan fingerprint density at radius 2 is 1.57 bits per heavy atom. The molecule has 0 fully saturated rings. The van der Waals surface area contributed by atoms with E-state index in [4.69, 9.17) is 39.5 Å². The van der Waals surface area contributed by atoms with Gasteiger partial charge in [-0.3, -0.25) is 0 Å². The van der Waals surface area contributed by atoms with Crippen LogP contribution < -0.4 is 9.47 Å². The standard InChI is InChI=1S/C14H6Cl3F3O3/c1-22-13-11(19)5(2-9(18)12(13)20)14(21)23-10-4-7(16)6(15)3-8(10)17/h2-4H,1H3. The molecular weight excluding hydrogens is 380 g/mol. The van der Waals surface area contributed by atoms with Crippen molar-refractivity contribution in [3.63, 3.8) is 0 Å². The summed E-state index contributed by atoms with van der Waals surface area (Å²) >= 11 is 17.3. The van der Waals surface area contributed by atoms with Crippen molar-refractivity contribution in [2.45, 2.75) is 0 Å². The van der Waals surface area contributed by atoms with Gasteiger partial charge in [-0.1, -0.05) is 34.8 Å². The van der Waals surface area contributed by atoms with Gasteiger partial charge in [-0.05, 0) is 12.1 Å². The van der Waals surface area contributed by atoms with Crippen molar-refractivity contribution >= 4 is 40.8 Å². The van der Waals surface area contributed by atoms with Crippen LogP contribution in [0.1, 0.15) is 10.4 Å². The fourth-order valence-electron chi connectivity index (χ4n) is 1.65. The van der Waals surface area contributed by atoms with Gasteiger partial charge >= 0.3 is 5.97 Å². The van der Waals surface area contributed by atoms with Gasteiger partial charge in [0.15, 0.2) is 23.1 Å². The summed E-state index contributed by atoms with van der Waals surface area (Å²) in [6.07, 6.45) is 0. The summed E-state index contributed by atoms with van der Waals surface area (Å²) in [5.41, 5.74) is -0.872. The third-order valence-corrected chi connectivity index (χ3v) is 3.73. The summed E-state index contributed by atoms with van der Waals surface area (Å²) in [6, 6.07) is 2.68. The maximum Gasteiger partial charge on any atom is 0.346 e. The van der Waals surface area contributed by atoms with Crippen molar-refractivity contribution in [2.75, 3.05) is 7.11 Å². The van der Waals surface area contributed by atoms with Gasteiger partial charge in [0.1, 0.15) is 5.56 Å². The number of halogens is 6. The van der Waals surface area contributed by atoms with E-state index in [1.54, 1.807) is 0 Å². The lowest BCUT2D eigenvalue weighted by Gasteiger charge is -2.11. The molecule has 23 heavy (non-hydrogen) atoms. The SMILES string of the molecule is COc1c(F)c(F)cc(C(=O)Oc2cc(Cl)c(Cl)cc2Cl)c1F. The van der Waals surface area contributed by atoms with Crippen LogP contribution in [0.5, 0.6) is 11.5 Å². The molecular formula is C14H6Cl3F3O3. The molecule has 0 unspecified atom stereocenters. The summed E-state index contributed by atoms with van der Waals surface area (Å²) in [7, 11) is 0.923. The van der Waals surface area contributed by atoms with Crippen LogP contribution in [0.15, 0.2) is 18.2 Å². The van der Waals surface area contributed by atoms with Crippen LogP contribution in [-0.4, -0.2) is 13.1 Å². The molecule has 0 radical (unpaired) electrons. The third-order valence-electron chi connectivity index (χ3n) is 2.72. The summed E-state index contributed by atoms with van der Waals surface area (Å²) in [4.78, 5) is 12.0. The lowest BCUT2D eigenvalue weighted by atomic mass is 10.2. The molecule has 3 nitrogen and oxygen atoms in total. The minimum atomic E-state index is -1.56. The minimum absolute atomic E-state index is 0.0298. The number of carbonyl (C=O) groups excluding carboxylic acids is 1. The lowest BCUT2D eigenvalue weighted by molar-refractivity contribution is 0.0728. The fraction of sp³-hybridized carbons (Fsp3) is 0.0714. The zero-order chi connectivity index (χ0) is 17.3. The number of hydrogen-bond acceptors (Lipinski definition) is 3. The lowest BCUT2D eigenvalue weighted by Crippen LogP contribution is -2.13. The van der Waals surface area contributed by atoms with E-state index in [1.807, 2.05) is 0 Å². The highest BCUT2D eigenvalue weighted by atomic mass is 35.5. The zero-order valence-corrected chi connectivity index (χ0v) is 13.5. The molecule has 0 aliphatic carbocycles. The van der Waals surface area contributed by atoms with Crippen molar-refractivity contribution in [2.24, 2.45) is 0 Å². The molecule has 0 aliphatic heterocycles. The zero-order valence-electron chi connectivity index (χ0n) is 11.2. The summed E-state index contributed by atoms with van der Waals surface area (Å²) in [6.45, 7) is 0. The summed E-state index contributed by atoms with van der Waals surface area (Å²) in [5.74, 6) is -7.04. The Bertz CT molecular complexity index is 797. The summed E-state index contributed by atoms with van der Waals surface area (Å²) < 4.78 is 50.0. The molecule has 0 spiro atoms. The van der Waals surface area contributed by atoms with Crippen LogP contribution in [0.3, 0.4) is 0 Å².